The van der Waals surface area contributed by atoms with Crippen molar-refractivity contribution in [2.24, 2.45) is 22.2 Å². The second-order valence-electron chi connectivity index (χ2n) is 13.7. The predicted molar refractivity (Wildman–Crippen MR) is 169 cm³/mol. The topological polar surface area (TPSA) is 166 Å². The second-order valence-corrected chi connectivity index (χ2v) is 15.5. The third kappa shape index (κ3) is 16.7. The molecule has 0 aromatic heterocycles. The fourth-order valence-electron chi connectivity index (χ4n) is 3.80. The minimum absolute atomic E-state index is 0.0303. The normalized spacial score (nSPS) is 14.3. The first-order valence-electron chi connectivity index (χ1n) is 15.5. The van der Waals surface area contributed by atoms with Crippen molar-refractivity contribution >= 4 is 33.9 Å². The molecule has 1 amide bonds. The van der Waals surface area contributed by atoms with Crippen molar-refractivity contribution in [3.63, 3.8) is 0 Å². The second kappa shape index (κ2) is 19.4. The van der Waals surface area contributed by atoms with E-state index in [1.807, 2.05) is 20.8 Å². The van der Waals surface area contributed by atoms with Crippen LogP contribution in [-0.4, -0.2) is 108 Å². The number of esters is 3. The molecule has 0 aromatic rings. The molecule has 14 heteroatoms. The number of quaternary nitrogens is 1. The van der Waals surface area contributed by atoms with Crippen LogP contribution in [0.1, 0.15) is 88.0 Å². The Balaban J connectivity index is 0. The Morgan fingerprint density at radius 1 is 0.756 bits per heavy atom. The van der Waals surface area contributed by atoms with E-state index in [9.17, 15) is 27.6 Å². The van der Waals surface area contributed by atoms with Gasteiger partial charge >= 0.3 is 17.9 Å². The van der Waals surface area contributed by atoms with E-state index in [2.05, 4.69) is 25.4 Å². The van der Waals surface area contributed by atoms with Crippen molar-refractivity contribution in [2.45, 2.75) is 88.0 Å². The number of hydrogen-bond acceptors (Lipinski definition) is 11. The lowest BCUT2D eigenvalue weighted by Gasteiger charge is -2.35. The van der Waals surface area contributed by atoms with E-state index in [4.69, 9.17) is 19.5 Å². The number of hydrogen-bond donors (Lipinski definition) is 0. The maximum absolute atomic E-state index is 13.2. The van der Waals surface area contributed by atoms with Gasteiger partial charge in [-0.2, -0.15) is 0 Å². The van der Waals surface area contributed by atoms with Crippen LogP contribution in [0, 0.1) is 22.2 Å². The van der Waals surface area contributed by atoms with Gasteiger partial charge in [0.25, 0.3) is 10.1 Å². The van der Waals surface area contributed by atoms with Gasteiger partial charge in [0.05, 0.1) is 42.6 Å². The summed E-state index contributed by atoms with van der Waals surface area (Å²) in [5, 5.41) is 9.09. The highest BCUT2D eigenvalue weighted by atomic mass is 32.2. The molecule has 0 rings (SSSR count). The number of ether oxygens (including phenoxy) is 3. The van der Waals surface area contributed by atoms with E-state index in [-0.39, 0.29) is 49.7 Å². The van der Waals surface area contributed by atoms with Crippen LogP contribution in [0.3, 0.4) is 0 Å². The highest BCUT2D eigenvalue weighted by Crippen LogP contribution is 2.38. The fraction of sp³-hybridized carbons (Fsp3) is 0.871. The van der Waals surface area contributed by atoms with E-state index in [1.54, 1.807) is 41.8 Å². The van der Waals surface area contributed by atoms with E-state index >= 15 is 0 Å². The molecule has 0 spiro atoms. The minimum atomic E-state index is -3.71. The molecular weight excluding hydrogens is 608 g/mol. The molecule has 0 fully saturated rings. The van der Waals surface area contributed by atoms with Crippen LogP contribution in [0.25, 0.3) is 0 Å². The first-order valence-corrected chi connectivity index (χ1v) is 17.1. The van der Waals surface area contributed by atoms with E-state index < -0.39 is 38.3 Å². The van der Waals surface area contributed by atoms with Gasteiger partial charge in [-0.1, -0.05) is 13.8 Å². The first-order chi connectivity index (χ1) is 20.4. The Kier molecular flexibility index (Phi) is 19.3. The summed E-state index contributed by atoms with van der Waals surface area (Å²) in [6.07, 6.45) is 1.60. The van der Waals surface area contributed by atoms with Gasteiger partial charge < -0.3 is 33.2 Å². The van der Waals surface area contributed by atoms with Crippen molar-refractivity contribution in [1.29, 1.82) is 0 Å². The van der Waals surface area contributed by atoms with Crippen LogP contribution in [0.4, 0.5) is 0 Å². The SMILES string of the molecule is CCC(C)(C)C(=O)OCCOC(=O)C(C)(C)CC(CC(C)(CC)C(=O)OCC[N+](C)(C)CC)C(=O)N(C)C.CCS(=O)(=O)O[O-]. The molecule has 2 atom stereocenters. The van der Waals surface area contributed by atoms with Crippen molar-refractivity contribution < 1.29 is 55.9 Å². The third-order valence-corrected chi connectivity index (χ3v) is 9.21. The van der Waals surface area contributed by atoms with Crippen molar-refractivity contribution in [2.75, 3.05) is 66.9 Å². The number of amides is 1. The van der Waals surface area contributed by atoms with Crippen LogP contribution in [0.5, 0.6) is 0 Å². The summed E-state index contributed by atoms with van der Waals surface area (Å²) in [6.45, 7) is 17.9. The monoisotopic (exact) mass is 668 g/mol. The molecule has 0 aliphatic rings. The first kappa shape index (κ1) is 44.8. The summed E-state index contributed by atoms with van der Waals surface area (Å²) in [4.78, 5) is 52.9. The van der Waals surface area contributed by atoms with Gasteiger partial charge in [0.1, 0.15) is 26.4 Å². The number of nitrogens with zero attached hydrogens (tertiary/aromatic N) is 2. The number of carbonyl (C=O) groups is 4. The third-order valence-electron chi connectivity index (χ3n) is 8.30. The average molecular weight is 669 g/mol. The molecule has 0 heterocycles. The molecule has 0 aliphatic carbocycles. The Labute approximate surface area is 271 Å². The van der Waals surface area contributed by atoms with Gasteiger partial charge in [0.2, 0.25) is 5.91 Å². The van der Waals surface area contributed by atoms with Crippen LogP contribution in [0.15, 0.2) is 0 Å². The van der Waals surface area contributed by atoms with Gasteiger partial charge in [-0.05, 0) is 74.1 Å². The lowest BCUT2D eigenvalue weighted by Crippen LogP contribution is -2.44. The zero-order chi connectivity index (χ0) is 35.9. The molecular formula is C31H60N2O11S. The Morgan fingerprint density at radius 2 is 1.22 bits per heavy atom. The fourth-order valence-corrected chi connectivity index (χ4v) is 3.89. The van der Waals surface area contributed by atoms with Gasteiger partial charge in [0, 0.05) is 20.0 Å². The highest BCUT2D eigenvalue weighted by molar-refractivity contribution is 7.86. The number of likely N-dealkylation sites (N-methyl/N-ethyl adjacent to an activating group) is 1. The molecule has 0 saturated heterocycles. The zero-order valence-corrected chi connectivity index (χ0v) is 30.8. The van der Waals surface area contributed by atoms with Crippen molar-refractivity contribution in [1.82, 2.24) is 4.90 Å². The summed E-state index contributed by atoms with van der Waals surface area (Å²) in [5.41, 5.74) is -2.47. The minimum Gasteiger partial charge on any atom is -0.707 e. The molecule has 0 saturated carbocycles. The molecule has 266 valence electrons. The molecule has 0 aromatic carbocycles. The molecule has 0 N–H and O–H groups in total. The van der Waals surface area contributed by atoms with Crippen LogP contribution in [-0.2, 0) is 47.8 Å². The highest BCUT2D eigenvalue weighted by Gasteiger charge is 2.42. The Hall–Kier alpha value is -2.29. The standard InChI is InChI=1S/C29H55N2O7.C2H6O4S/c1-13-27(4,5)24(33)37-18-19-38-25(34)28(6,7)20-22(23(32)30(9)10)21-29(8,14-2)26(35)36-17-16-31(11,12)15-3;1-2-7(4,5)6-3/h22H,13-21H2,1-12H3;3H,2H2,1H3/q+1;/p-1. The molecule has 0 radical (unpaired) electrons. The van der Waals surface area contributed by atoms with Gasteiger partial charge in [-0.3, -0.25) is 19.2 Å². The summed E-state index contributed by atoms with van der Waals surface area (Å²) >= 11 is 0. The quantitative estimate of drug-likeness (QED) is 0.0496. The Morgan fingerprint density at radius 3 is 1.58 bits per heavy atom. The lowest BCUT2D eigenvalue weighted by molar-refractivity contribution is -0.888. The van der Waals surface area contributed by atoms with Crippen molar-refractivity contribution in [3.05, 3.63) is 0 Å². The summed E-state index contributed by atoms with van der Waals surface area (Å²) in [7, 11) is 3.78. The summed E-state index contributed by atoms with van der Waals surface area (Å²) < 4.78 is 39.5. The molecule has 2 unspecified atom stereocenters. The Bertz CT molecular complexity index is 1050. The predicted octanol–water partition coefficient (Wildman–Crippen LogP) is 2.70. The van der Waals surface area contributed by atoms with E-state index in [0.717, 1.165) is 11.0 Å². The van der Waals surface area contributed by atoms with Crippen LogP contribution < -0.4 is 5.26 Å². The lowest BCUT2D eigenvalue weighted by atomic mass is 9.72. The van der Waals surface area contributed by atoms with E-state index in [1.165, 1.54) is 11.8 Å². The molecule has 13 nitrogen and oxygen atoms in total. The largest absolute Gasteiger partial charge is 0.707 e. The van der Waals surface area contributed by atoms with Gasteiger partial charge in [-0.15, -0.1) is 0 Å². The molecule has 0 bridgehead atoms. The molecule has 45 heavy (non-hydrogen) atoms. The number of carbonyl (C=O) groups excluding carboxylic acids is 4. The van der Waals surface area contributed by atoms with Crippen LogP contribution >= 0.6 is 0 Å². The van der Waals surface area contributed by atoms with E-state index in [0.29, 0.717) is 26.0 Å². The molecule has 0 aliphatic heterocycles. The van der Waals surface area contributed by atoms with Crippen LogP contribution in [0.2, 0.25) is 0 Å². The smallest absolute Gasteiger partial charge is 0.312 e. The van der Waals surface area contributed by atoms with Gasteiger partial charge in [0.15, 0.2) is 0 Å². The zero-order valence-electron chi connectivity index (χ0n) is 29.9. The maximum Gasteiger partial charge on any atom is 0.312 e. The van der Waals surface area contributed by atoms with Gasteiger partial charge in [-0.25, -0.2) is 8.42 Å². The average Bonchev–Trinajstić information content (AvgIpc) is 2.97. The summed E-state index contributed by atoms with van der Waals surface area (Å²) in [5.74, 6) is -2.16. The number of rotatable bonds is 19. The summed E-state index contributed by atoms with van der Waals surface area (Å²) in [6, 6.07) is 0. The maximum atomic E-state index is 13.2. The van der Waals surface area contributed by atoms with Crippen molar-refractivity contribution in [3.8, 4) is 0 Å².